The van der Waals surface area contributed by atoms with Crippen LogP contribution in [0.3, 0.4) is 0 Å². The van der Waals surface area contributed by atoms with E-state index >= 15 is 0 Å². The third-order valence-corrected chi connectivity index (χ3v) is 5.98. The number of carboxylic acids is 1. The van der Waals surface area contributed by atoms with E-state index in [4.69, 9.17) is 4.74 Å². The number of amides is 1. The van der Waals surface area contributed by atoms with Crippen molar-refractivity contribution in [2.45, 2.75) is 31.5 Å². The van der Waals surface area contributed by atoms with Gasteiger partial charge in [0.25, 0.3) is 0 Å². The highest BCUT2D eigenvalue weighted by molar-refractivity contribution is 5.81. The number of nitrogens with one attached hydrogen (secondary N) is 1. The maximum Gasteiger partial charge on any atom is 0.416 e. The fourth-order valence-corrected chi connectivity index (χ4v) is 4.32. The van der Waals surface area contributed by atoms with Crippen LogP contribution in [-0.4, -0.2) is 29.8 Å². The van der Waals surface area contributed by atoms with Crippen LogP contribution in [0.4, 0.5) is 18.0 Å². The third kappa shape index (κ3) is 4.76. The maximum atomic E-state index is 13.2. The first kappa shape index (κ1) is 23.4. The molecular formula is C26H22F3NO4. The summed E-state index contributed by atoms with van der Waals surface area (Å²) in [6.45, 7) is 1.32. The summed E-state index contributed by atoms with van der Waals surface area (Å²) < 4.78 is 44.9. The van der Waals surface area contributed by atoms with Gasteiger partial charge in [0.05, 0.1) is 5.56 Å². The van der Waals surface area contributed by atoms with Crippen LogP contribution in [0.1, 0.15) is 33.7 Å². The molecule has 1 atom stereocenters. The number of carbonyl (C=O) groups is 2. The predicted octanol–water partition coefficient (Wildman–Crippen LogP) is 5.55. The molecule has 1 aliphatic carbocycles. The second kappa shape index (κ2) is 9.21. The van der Waals surface area contributed by atoms with Crippen molar-refractivity contribution < 1.29 is 32.6 Å². The van der Waals surface area contributed by atoms with Gasteiger partial charge in [0.1, 0.15) is 12.6 Å². The summed E-state index contributed by atoms with van der Waals surface area (Å²) in [5.41, 5.74) is 3.45. The Balaban J connectivity index is 1.44. The fourth-order valence-electron chi connectivity index (χ4n) is 4.32. The van der Waals surface area contributed by atoms with Gasteiger partial charge in [-0.15, -0.1) is 0 Å². The van der Waals surface area contributed by atoms with Gasteiger partial charge in [0.15, 0.2) is 0 Å². The molecular weight excluding hydrogens is 447 g/mol. The molecule has 5 nitrogen and oxygen atoms in total. The van der Waals surface area contributed by atoms with Gasteiger partial charge in [0, 0.05) is 12.3 Å². The Hall–Kier alpha value is -3.81. The lowest BCUT2D eigenvalue weighted by Gasteiger charge is -2.18. The number of aryl methyl sites for hydroxylation is 1. The van der Waals surface area contributed by atoms with E-state index in [0.717, 1.165) is 28.3 Å². The molecule has 34 heavy (non-hydrogen) atoms. The van der Waals surface area contributed by atoms with Gasteiger partial charge in [-0.2, -0.15) is 13.2 Å². The average molecular weight is 469 g/mol. The van der Waals surface area contributed by atoms with Crippen molar-refractivity contribution in [2.75, 3.05) is 6.61 Å². The topological polar surface area (TPSA) is 75.6 Å². The SMILES string of the molecule is Cc1ccc(C[C@H](NC(=O)OCC2c3ccccc3-c3ccccc32)C(=O)O)cc1C(F)(F)F. The first-order chi connectivity index (χ1) is 16.1. The smallest absolute Gasteiger partial charge is 0.416 e. The number of carboxylic acid groups (broad SMARTS) is 1. The number of ether oxygens (including phenoxy) is 1. The lowest BCUT2D eigenvalue weighted by Crippen LogP contribution is -2.43. The van der Waals surface area contributed by atoms with E-state index in [-0.39, 0.29) is 30.1 Å². The van der Waals surface area contributed by atoms with E-state index in [2.05, 4.69) is 5.32 Å². The van der Waals surface area contributed by atoms with Crippen LogP contribution < -0.4 is 5.32 Å². The summed E-state index contributed by atoms with van der Waals surface area (Å²) in [5.74, 6) is -1.57. The number of halogens is 3. The summed E-state index contributed by atoms with van der Waals surface area (Å²) in [5, 5.41) is 11.8. The van der Waals surface area contributed by atoms with Crippen LogP contribution in [-0.2, 0) is 22.1 Å². The number of rotatable bonds is 6. The van der Waals surface area contributed by atoms with E-state index in [1.165, 1.54) is 19.1 Å². The average Bonchev–Trinajstić information content (AvgIpc) is 3.11. The van der Waals surface area contributed by atoms with E-state index in [0.29, 0.717) is 0 Å². The number of hydrogen-bond acceptors (Lipinski definition) is 3. The Kier molecular flexibility index (Phi) is 6.32. The van der Waals surface area contributed by atoms with Crippen LogP contribution in [0.15, 0.2) is 66.7 Å². The molecule has 1 amide bonds. The van der Waals surface area contributed by atoms with Crippen molar-refractivity contribution >= 4 is 12.1 Å². The zero-order chi connectivity index (χ0) is 24.5. The molecule has 0 heterocycles. The molecule has 3 aromatic carbocycles. The molecule has 0 spiro atoms. The first-order valence-electron chi connectivity index (χ1n) is 10.7. The number of benzene rings is 3. The molecule has 4 rings (SSSR count). The van der Waals surface area contributed by atoms with Crippen LogP contribution >= 0.6 is 0 Å². The maximum absolute atomic E-state index is 13.2. The Labute approximate surface area is 194 Å². The Morgan fingerprint density at radius 1 is 1.00 bits per heavy atom. The van der Waals surface area contributed by atoms with Crippen molar-refractivity contribution in [1.29, 1.82) is 0 Å². The number of alkyl carbamates (subject to hydrolysis) is 1. The van der Waals surface area contributed by atoms with Gasteiger partial charge < -0.3 is 15.2 Å². The summed E-state index contributed by atoms with van der Waals surface area (Å²) >= 11 is 0. The van der Waals surface area contributed by atoms with E-state index in [9.17, 15) is 27.9 Å². The molecule has 2 N–H and O–H groups in total. The minimum absolute atomic E-state index is 0.00501. The summed E-state index contributed by atoms with van der Waals surface area (Å²) in [6.07, 6.45) is -5.82. The molecule has 0 fully saturated rings. The van der Waals surface area contributed by atoms with Gasteiger partial charge in [-0.25, -0.2) is 9.59 Å². The van der Waals surface area contributed by atoms with E-state index in [1.54, 1.807) is 0 Å². The lowest BCUT2D eigenvalue weighted by atomic mass is 9.98. The zero-order valence-electron chi connectivity index (χ0n) is 18.2. The molecule has 0 aliphatic heterocycles. The highest BCUT2D eigenvalue weighted by Crippen LogP contribution is 2.44. The van der Waals surface area contributed by atoms with Crippen molar-refractivity contribution in [3.63, 3.8) is 0 Å². The van der Waals surface area contributed by atoms with Gasteiger partial charge in [0.2, 0.25) is 0 Å². The molecule has 176 valence electrons. The summed E-state index contributed by atoms with van der Waals surface area (Å²) in [7, 11) is 0. The normalized spacial score (nSPS) is 13.6. The standard InChI is InChI=1S/C26H22F3NO4/c1-15-10-11-16(12-22(15)26(27,28)29)13-23(24(31)32)30-25(33)34-14-21-19-8-4-2-6-17(19)18-7-3-5-9-20(18)21/h2-12,21,23H,13-14H2,1H3,(H,30,33)(H,31,32)/t23-/m0/s1. The minimum Gasteiger partial charge on any atom is -0.480 e. The van der Waals surface area contributed by atoms with Crippen LogP contribution in [0, 0.1) is 6.92 Å². The molecule has 8 heteroatoms. The Morgan fingerprint density at radius 2 is 1.59 bits per heavy atom. The van der Waals surface area contributed by atoms with Crippen LogP contribution in [0.2, 0.25) is 0 Å². The number of aliphatic carboxylic acids is 1. The molecule has 3 aromatic rings. The van der Waals surface area contributed by atoms with Gasteiger partial charge in [-0.05, 0) is 46.4 Å². The van der Waals surface area contributed by atoms with E-state index < -0.39 is 29.8 Å². The number of fused-ring (bicyclic) bond motifs is 3. The van der Waals surface area contributed by atoms with Crippen molar-refractivity contribution in [3.05, 3.63) is 94.5 Å². The summed E-state index contributed by atoms with van der Waals surface area (Å²) in [6, 6.07) is 17.7. The predicted molar refractivity (Wildman–Crippen MR) is 120 cm³/mol. The third-order valence-electron chi connectivity index (χ3n) is 5.98. The highest BCUT2D eigenvalue weighted by atomic mass is 19.4. The number of carbonyl (C=O) groups excluding carboxylic acids is 1. The number of alkyl halides is 3. The summed E-state index contributed by atoms with van der Waals surface area (Å²) in [4.78, 5) is 24.1. The Morgan fingerprint density at radius 3 is 2.15 bits per heavy atom. The van der Waals surface area contributed by atoms with Gasteiger partial charge in [-0.3, -0.25) is 0 Å². The lowest BCUT2D eigenvalue weighted by molar-refractivity contribution is -0.139. The molecule has 1 aliphatic rings. The van der Waals surface area contributed by atoms with Gasteiger partial charge in [-0.1, -0.05) is 60.7 Å². The molecule has 0 unspecified atom stereocenters. The largest absolute Gasteiger partial charge is 0.480 e. The highest BCUT2D eigenvalue weighted by Gasteiger charge is 2.33. The second-order valence-electron chi connectivity index (χ2n) is 8.21. The molecule has 0 radical (unpaired) electrons. The fraction of sp³-hybridized carbons (Fsp3) is 0.231. The zero-order valence-corrected chi connectivity index (χ0v) is 18.2. The molecule has 0 saturated carbocycles. The molecule has 0 bridgehead atoms. The van der Waals surface area contributed by atoms with Crippen molar-refractivity contribution in [2.24, 2.45) is 0 Å². The number of hydrogen-bond donors (Lipinski definition) is 2. The van der Waals surface area contributed by atoms with E-state index in [1.807, 2.05) is 48.5 Å². The first-order valence-corrected chi connectivity index (χ1v) is 10.7. The van der Waals surface area contributed by atoms with Gasteiger partial charge >= 0.3 is 18.2 Å². The van der Waals surface area contributed by atoms with Crippen LogP contribution in [0.5, 0.6) is 0 Å². The monoisotopic (exact) mass is 469 g/mol. The van der Waals surface area contributed by atoms with Crippen molar-refractivity contribution in [1.82, 2.24) is 5.32 Å². The molecule has 0 aromatic heterocycles. The van der Waals surface area contributed by atoms with Crippen molar-refractivity contribution in [3.8, 4) is 11.1 Å². The minimum atomic E-state index is -4.56. The second-order valence-corrected chi connectivity index (χ2v) is 8.21. The Bertz CT molecular complexity index is 1190. The quantitative estimate of drug-likeness (QED) is 0.497. The van der Waals surface area contributed by atoms with Crippen LogP contribution in [0.25, 0.3) is 11.1 Å². The molecule has 0 saturated heterocycles.